The van der Waals surface area contributed by atoms with Crippen LogP contribution in [0.2, 0.25) is 0 Å². The van der Waals surface area contributed by atoms with Crippen molar-refractivity contribution >= 4 is 11.3 Å². The number of hydrogen-bond donors (Lipinski definition) is 1. The van der Waals surface area contributed by atoms with Crippen molar-refractivity contribution in [3.8, 4) is 0 Å². The normalized spacial score (nSPS) is 18.1. The number of nitrogens with two attached hydrogens (primary N) is 1. The van der Waals surface area contributed by atoms with Gasteiger partial charge in [-0.15, -0.1) is 11.3 Å². The number of nitrogens with zero attached hydrogens (tertiary/aromatic N) is 1. The first-order chi connectivity index (χ1) is 9.83. The molecule has 0 amide bonds. The van der Waals surface area contributed by atoms with Crippen LogP contribution in [0.25, 0.3) is 0 Å². The molecule has 1 unspecified atom stereocenters. The van der Waals surface area contributed by atoms with E-state index in [9.17, 15) is 0 Å². The van der Waals surface area contributed by atoms with E-state index in [-0.39, 0.29) is 6.04 Å². The van der Waals surface area contributed by atoms with E-state index in [1.807, 2.05) is 29.5 Å². The Morgan fingerprint density at radius 2 is 1.90 bits per heavy atom. The van der Waals surface area contributed by atoms with Crippen molar-refractivity contribution in [1.29, 1.82) is 0 Å². The van der Waals surface area contributed by atoms with Gasteiger partial charge in [-0.25, -0.2) is 4.98 Å². The van der Waals surface area contributed by atoms with Crippen molar-refractivity contribution < 1.29 is 0 Å². The van der Waals surface area contributed by atoms with Gasteiger partial charge in [0.2, 0.25) is 0 Å². The van der Waals surface area contributed by atoms with Crippen LogP contribution in [0, 0.1) is 0 Å². The van der Waals surface area contributed by atoms with Crippen LogP contribution in [-0.4, -0.2) is 4.98 Å². The summed E-state index contributed by atoms with van der Waals surface area (Å²) in [5.74, 6) is 0.704. The maximum absolute atomic E-state index is 6.28. The molecular weight excluding hydrogens is 264 g/mol. The summed E-state index contributed by atoms with van der Waals surface area (Å²) in [6.45, 7) is 0. The van der Waals surface area contributed by atoms with E-state index in [1.165, 1.54) is 42.7 Å². The molecule has 1 atom stereocenters. The van der Waals surface area contributed by atoms with Crippen molar-refractivity contribution in [2.75, 3.05) is 0 Å². The Balaban J connectivity index is 1.65. The summed E-state index contributed by atoms with van der Waals surface area (Å²) < 4.78 is 0. The highest BCUT2D eigenvalue weighted by molar-refractivity contribution is 7.09. The van der Waals surface area contributed by atoms with Gasteiger partial charge in [0.25, 0.3) is 0 Å². The van der Waals surface area contributed by atoms with E-state index >= 15 is 0 Å². The zero-order chi connectivity index (χ0) is 13.8. The van der Waals surface area contributed by atoms with E-state index in [0.717, 1.165) is 12.1 Å². The molecule has 2 aromatic rings. The molecule has 1 aromatic carbocycles. The van der Waals surface area contributed by atoms with E-state index in [2.05, 4.69) is 17.5 Å². The number of hydrogen-bond acceptors (Lipinski definition) is 3. The molecule has 1 aliphatic rings. The van der Waals surface area contributed by atoms with E-state index in [4.69, 9.17) is 10.7 Å². The average molecular weight is 286 g/mol. The minimum absolute atomic E-state index is 0.0532. The lowest BCUT2D eigenvalue weighted by molar-refractivity contribution is 0.441. The molecule has 3 rings (SSSR count). The van der Waals surface area contributed by atoms with Gasteiger partial charge in [0.15, 0.2) is 0 Å². The van der Waals surface area contributed by atoms with E-state index in [1.54, 1.807) is 0 Å². The molecular formula is C17H22N2S. The summed E-state index contributed by atoms with van der Waals surface area (Å²) in [5.41, 5.74) is 8.63. The fourth-order valence-corrected chi connectivity index (χ4v) is 4.00. The van der Waals surface area contributed by atoms with E-state index in [0.29, 0.717) is 5.92 Å². The summed E-state index contributed by atoms with van der Waals surface area (Å²) in [6.07, 6.45) is 7.60. The van der Waals surface area contributed by atoms with Gasteiger partial charge in [-0.1, -0.05) is 49.6 Å². The first-order valence-electron chi connectivity index (χ1n) is 7.58. The lowest BCUT2D eigenvalue weighted by atomic mass is 9.90. The van der Waals surface area contributed by atoms with Gasteiger partial charge < -0.3 is 5.73 Å². The maximum Gasteiger partial charge on any atom is 0.0959 e. The second-order valence-electron chi connectivity index (χ2n) is 5.73. The monoisotopic (exact) mass is 286 g/mol. The summed E-state index contributed by atoms with van der Waals surface area (Å²) in [7, 11) is 0. The van der Waals surface area contributed by atoms with Crippen LogP contribution in [0.15, 0.2) is 35.7 Å². The highest BCUT2D eigenvalue weighted by Gasteiger charge is 2.19. The maximum atomic E-state index is 6.28. The number of aromatic nitrogens is 1. The van der Waals surface area contributed by atoms with Crippen molar-refractivity contribution in [1.82, 2.24) is 4.98 Å². The zero-order valence-electron chi connectivity index (χ0n) is 11.8. The van der Waals surface area contributed by atoms with Crippen LogP contribution in [0.3, 0.4) is 0 Å². The van der Waals surface area contributed by atoms with Crippen LogP contribution in [-0.2, 0) is 6.42 Å². The van der Waals surface area contributed by atoms with Crippen molar-refractivity contribution in [3.63, 3.8) is 0 Å². The van der Waals surface area contributed by atoms with Gasteiger partial charge in [-0.3, -0.25) is 0 Å². The molecule has 2 N–H and O–H groups in total. The summed E-state index contributed by atoms with van der Waals surface area (Å²) in [4.78, 5) is 4.84. The van der Waals surface area contributed by atoms with Crippen molar-refractivity contribution in [3.05, 3.63) is 52.0 Å². The van der Waals surface area contributed by atoms with Gasteiger partial charge in [0.05, 0.1) is 10.7 Å². The molecule has 0 spiro atoms. The third-order valence-electron chi connectivity index (χ3n) is 4.18. The number of benzene rings is 1. The molecule has 1 saturated carbocycles. The molecule has 0 saturated heterocycles. The molecule has 106 valence electrons. The fourth-order valence-electron chi connectivity index (χ4n) is 3.00. The van der Waals surface area contributed by atoms with Crippen LogP contribution in [0.4, 0.5) is 0 Å². The first-order valence-corrected chi connectivity index (χ1v) is 8.46. The van der Waals surface area contributed by atoms with Gasteiger partial charge >= 0.3 is 0 Å². The van der Waals surface area contributed by atoms with Crippen LogP contribution in [0.1, 0.15) is 60.3 Å². The highest BCUT2D eigenvalue weighted by Crippen LogP contribution is 2.34. The van der Waals surface area contributed by atoms with Gasteiger partial charge in [-0.05, 0) is 18.4 Å². The largest absolute Gasteiger partial charge is 0.324 e. The quantitative estimate of drug-likeness (QED) is 0.902. The third-order valence-corrected chi connectivity index (χ3v) is 5.24. The fraction of sp³-hybridized carbons (Fsp3) is 0.471. The minimum Gasteiger partial charge on any atom is -0.324 e. The average Bonchev–Trinajstić information content (AvgIpc) is 2.97. The van der Waals surface area contributed by atoms with Gasteiger partial charge in [0, 0.05) is 23.8 Å². The number of thiazole rings is 1. The van der Waals surface area contributed by atoms with Crippen LogP contribution in [0.5, 0.6) is 0 Å². The molecule has 1 fully saturated rings. The standard InChI is InChI=1S/C17H22N2S/c18-16(13-7-3-1-4-8-13)11-15-12-20-17(19-15)14-9-5-2-6-10-14/h1,3-4,7-8,12,14,16H,2,5-6,9-11,18H2. The predicted molar refractivity (Wildman–Crippen MR) is 85.0 cm³/mol. The molecule has 20 heavy (non-hydrogen) atoms. The summed E-state index contributed by atoms with van der Waals surface area (Å²) >= 11 is 1.83. The Labute approximate surface area is 125 Å². The van der Waals surface area contributed by atoms with Crippen molar-refractivity contribution in [2.24, 2.45) is 5.73 Å². The Kier molecular flexibility index (Phi) is 4.48. The molecule has 0 aliphatic heterocycles. The third kappa shape index (κ3) is 3.28. The molecule has 0 bridgehead atoms. The smallest absolute Gasteiger partial charge is 0.0959 e. The molecule has 2 nitrogen and oxygen atoms in total. The Bertz CT molecular complexity index is 529. The van der Waals surface area contributed by atoms with E-state index < -0.39 is 0 Å². The number of rotatable bonds is 4. The Hall–Kier alpha value is -1.19. The highest BCUT2D eigenvalue weighted by atomic mass is 32.1. The first kappa shape index (κ1) is 13.8. The van der Waals surface area contributed by atoms with Gasteiger partial charge in [0.1, 0.15) is 0 Å². The lowest BCUT2D eigenvalue weighted by Crippen LogP contribution is -2.13. The molecule has 0 radical (unpaired) electrons. The summed E-state index contributed by atoms with van der Waals surface area (Å²) in [6, 6.07) is 10.4. The van der Waals surface area contributed by atoms with Gasteiger partial charge in [-0.2, -0.15) is 0 Å². The second-order valence-corrected chi connectivity index (χ2v) is 6.62. The predicted octanol–water partition coefficient (Wildman–Crippen LogP) is 4.43. The van der Waals surface area contributed by atoms with Crippen molar-refractivity contribution in [2.45, 2.75) is 50.5 Å². The Morgan fingerprint density at radius 3 is 2.65 bits per heavy atom. The molecule has 1 aliphatic carbocycles. The molecule has 3 heteroatoms. The molecule has 1 heterocycles. The van der Waals surface area contributed by atoms with Crippen LogP contribution >= 0.6 is 11.3 Å². The zero-order valence-corrected chi connectivity index (χ0v) is 12.6. The van der Waals surface area contributed by atoms with Crippen LogP contribution < -0.4 is 5.73 Å². The summed E-state index contributed by atoms with van der Waals surface area (Å²) in [5, 5.41) is 3.53. The lowest BCUT2D eigenvalue weighted by Gasteiger charge is -2.19. The second kappa shape index (κ2) is 6.51. The topological polar surface area (TPSA) is 38.9 Å². The Morgan fingerprint density at radius 1 is 1.15 bits per heavy atom. The molecule has 1 aromatic heterocycles. The SMILES string of the molecule is NC(Cc1csc(C2CCCCC2)n1)c1ccccc1. The minimum atomic E-state index is 0.0532.